The molecule has 14 heavy (non-hydrogen) atoms. The number of hydrogen-bond donors (Lipinski definition) is 3. The quantitative estimate of drug-likeness (QED) is 0.568. The van der Waals surface area contributed by atoms with Crippen molar-refractivity contribution in [2.24, 2.45) is 17.1 Å². The van der Waals surface area contributed by atoms with Gasteiger partial charge in [0.15, 0.2) is 0 Å². The zero-order valence-corrected chi connectivity index (χ0v) is 8.15. The summed E-state index contributed by atoms with van der Waals surface area (Å²) < 4.78 is 0. The molecular formula is C10H17NO3. The molecule has 4 heteroatoms. The standard InChI is InChI=1S/C10H17NO3/c11-7-3-5-10(8(7)12)4-1-2-6(10)9(13)14/h6-8,12H,1-5,11H2,(H,13,14)/t6-,7+,8-,10+/m1/s1. The molecule has 0 unspecified atom stereocenters. The van der Waals surface area contributed by atoms with E-state index in [1.807, 2.05) is 0 Å². The number of aliphatic hydroxyl groups is 1. The molecule has 0 radical (unpaired) electrons. The lowest BCUT2D eigenvalue weighted by Crippen LogP contribution is -2.44. The topological polar surface area (TPSA) is 83.6 Å². The van der Waals surface area contributed by atoms with Crippen molar-refractivity contribution in [1.29, 1.82) is 0 Å². The Morgan fingerprint density at radius 1 is 1.36 bits per heavy atom. The Hall–Kier alpha value is -0.610. The molecule has 2 rings (SSSR count). The first kappa shape index (κ1) is 9.93. The fourth-order valence-electron chi connectivity index (χ4n) is 3.29. The second-order valence-electron chi connectivity index (χ2n) is 4.66. The van der Waals surface area contributed by atoms with Crippen molar-refractivity contribution in [1.82, 2.24) is 0 Å². The van der Waals surface area contributed by atoms with Crippen molar-refractivity contribution in [3.8, 4) is 0 Å². The summed E-state index contributed by atoms with van der Waals surface area (Å²) in [6.07, 6.45) is 3.32. The van der Waals surface area contributed by atoms with Gasteiger partial charge in [0.25, 0.3) is 0 Å². The van der Waals surface area contributed by atoms with Crippen LogP contribution in [0.3, 0.4) is 0 Å². The van der Waals surface area contributed by atoms with Crippen LogP contribution in [0.4, 0.5) is 0 Å². The molecule has 0 aromatic rings. The summed E-state index contributed by atoms with van der Waals surface area (Å²) in [4.78, 5) is 11.1. The first-order valence-electron chi connectivity index (χ1n) is 5.24. The van der Waals surface area contributed by atoms with Crippen LogP contribution >= 0.6 is 0 Å². The van der Waals surface area contributed by atoms with E-state index in [2.05, 4.69) is 0 Å². The summed E-state index contributed by atoms with van der Waals surface area (Å²) >= 11 is 0. The lowest BCUT2D eigenvalue weighted by molar-refractivity contribution is -0.148. The van der Waals surface area contributed by atoms with Gasteiger partial charge in [-0.25, -0.2) is 0 Å². The first-order chi connectivity index (χ1) is 6.58. The van der Waals surface area contributed by atoms with Crippen molar-refractivity contribution in [2.75, 3.05) is 0 Å². The van der Waals surface area contributed by atoms with E-state index in [-0.39, 0.29) is 12.0 Å². The largest absolute Gasteiger partial charge is 0.481 e. The molecular weight excluding hydrogens is 182 g/mol. The fraction of sp³-hybridized carbons (Fsp3) is 0.900. The Labute approximate surface area is 83.1 Å². The Kier molecular flexibility index (Phi) is 2.27. The number of carboxylic acid groups (broad SMARTS) is 1. The van der Waals surface area contributed by atoms with Gasteiger partial charge in [0, 0.05) is 11.5 Å². The molecule has 1 spiro atoms. The minimum atomic E-state index is -0.768. The summed E-state index contributed by atoms with van der Waals surface area (Å²) in [5.41, 5.74) is 5.34. The van der Waals surface area contributed by atoms with Gasteiger partial charge in [0.2, 0.25) is 0 Å². The van der Waals surface area contributed by atoms with Crippen LogP contribution in [-0.2, 0) is 4.79 Å². The SMILES string of the molecule is N[C@H]1CC[C@]2(CCC[C@@H]2C(=O)O)[C@@H]1O. The highest BCUT2D eigenvalue weighted by Gasteiger charge is 2.56. The van der Waals surface area contributed by atoms with Crippen LogP contribution in [0.15, 0.2) is 0 Å². The zero-order chi connectivity index (χ0) is 10.3. The van der Waals surface area contributed by atoms with Gasteiger partial charge in [0.05, 0.1) is 12.0 Å². The van der Waals surface area contributed by atoms with Crippen molar-refractivity contribution in [3.05, 3.63) is 0 Å². The fourth-order valence-corrected chi connectivity index (χ4v) is 3.29. The van der Waals surface area contributed by atoms with Crippen LogP contribution in [0.2, 0.25) is 0 Å². The summed E-state index contributed by atoms with van der Waals surface area (Å²) in [6.45, 7) is 0. The van der Waals surface area contributed by atoms with Crippen LogP contribution in [0.5, 0.6) is 0 Å². The summed E-state index contributed by atoms with van der Waals surface area (Å²) in [7, 11) is 0. The maximum absolute atomic E-state index is 11.1. The monoisotopic (exact) mass is 199 g/mol. The Morgan fingerprint density at radius 3 is 2.57 bits per heavy atom. The van der Waals surface area contributed by atoms with Crippen LogP contribution in [0, 0.1) is 11.3 Å². The number of nitrogens with two attached hydrogens (primary N) is 1. The van der Waals surface area contributed by atoms with Crippen molar-refractivity contribution >= 4 is 5.97 Å². The minimum Gasteiger partial charge on any atom is -0.481 e. The molecule has 4 N–H and O–H groups in total. The van der Waals surface area contributed by atoms with E-state index in [1.54, 1.807) is 0 Å². The molecule has 0 bridgehead atoms. The number of hydrogen-bond acceptors (Lipinski definition) is 3. The molecule has 0 saturated heterocycles. The second-order valence-corrected chi connectivity index (χ2v) is 4.66. The number of rotatable bonds is 1. The minimum absolute atomic E-state index is 0.227. The highest BCUT2D eigenvalue weighted by molar-refractivity contribution is 5.71. The van der Waals surface area contributed by atoms with Crippen LogP contribution in [0.25, 0.3) is 0 Å². The third-order valence-electron chi connectivity index (χ3n) is 4.06. The second kappa shape index (κ2) is 3.21. The number of carbonyl (C=O) groups is 1. The normalized spacial score (nSPS) is 47.4. The Morgan fingerprint density at radius 2 is 2.07 bits per heavy atom. The van der Waals surface area contributed by atoms with Gasteiger partial charge in [-0.15, -0.1) is 0 Å². The first-order valence-corrected chi connectivity index (χ1v) is 5.24. The molecule has 2 aliphatic rings. The lowest BCUT2D eigenvalue weighted by Gasteiger charge is -2.33. The molecule has 4 nitrogen and oxygen atoms in total. The molecule has 2 saturated carbocycles. The Balaban J connectivity index is 2.26. The van der Waals surface area contributed by atoms with E-state index < -0.39 is 17.5 Å². The third kappa shape index (κ3) is 1.17. The molecule has 2 aliphatic carbocycles. The predicted octanol–water partition coefficient (Wildman–Crippen LogP) is 0.339. The Bertz CT molecular complexity index is 256. The van der Waals surface area contributed by atoms with Gasteiger partial charge >= 0.3 is 5.97 Å². The molecule has 2 fully saturated rings. The molecule has 4 atom stereocenters. The van der Waals surface area contributed by atoms with E-state index in [9.17, 15) is 9.90 Å². The van der Waals surface area contributed by atoms with E-state index >= 15 is 0 Å². The van der Waals surface area contributed by atoms with Crippen LogP contribution < -0.4 is 5.73 Å². The molecule has 0 aromatic heterocycles. The van der Waals surface area contributed by atoms with Crippen molar-refractivity contribution in [2.45, 2.75) is 44.2 Å². The average molecular weight is 199 g/mol. The van der Waals surface area contributed by atoms with E-state index in [0.717, 1.165) is 25.7 Å². The van der Waals surface area contributed by atoms with Gasteiger partial charge in [-0.3, -0.25) is 4.79 Å². The van der Waals surface area contributed by atoms with Gasteiger partial charge in [-0.2, -0.15) is 0 Å². The maximum Gasteiger partial charge on any atom is 0.307 e. The van der Waals surface area contributed by atoms with Gasteiger partial charge in [0.1, 0.15) is 0 Å². The number of aliphatic carboxylic acids is 1. The third-order valence-corrected chi connectivity index (χ3v) is 4.06. The molecule has 0 aliphatic heterocycles. The number of aliphatic hydroxyl groups excluding tert-OH is 1. The van der Waals surface area contributed by atoms with Crippen LogP contribution in [0.1, 0.15) is 32.1 Å². The summed E-state index contributed by atoms with van der Waals surface area (Å²) in [6, 6.07) is -0.227. The molecule has 0 aromatic carbocycles. The molecule has 0 amide bonds. The zero-order valence-electron chi connectivity index (χ0n) is 8.15. The van der Waals surface area contributed by atoms with Crippen molar-refractivity contribution in [3.63, 3.8) is 0 Å². The van der Waals surface area contributed by atoms with E-state index in [1.165, 1.54) is 0 Å². The van der Waals surface area contributed by atoms with Gasteiger partial charge < -0.3 is 15.9 Å². The predicted molar refractivity (Wildman–Crippen MR) is 50.6 cm³/mol. The molecule has 80 valence electrons. The summed E-state index contributed by atoms with van der Waals surface area (Å²) in [5, 5.41) is 19.1. The highest BCUT2D eigenvalue weighted by atomic mass is 16.4. The van der Waals surface area contributed by atoms with Gasteiger partial charge in [-0.05, 0) is 25.7 Å². The van der Waals surface area contributed by atoms with E-state index in [0.29, 0.717) is 6.42 Å². The lowest BCUT2D eigenvalue weighted by atomic mass is 9.74. The van der Waals surface area contributed by atoms with Gasteiger partial charge in [-0.1, -0.05) is 6.42 Å². The highest BCUT2D eigenvalue weighted by Crippen LogP contribution is 2.53. The smallest absolute Gasteiger partial charge is 0.307 e. The maximum atomic E-state index is 11.1. The average Bonchev–Trinajstić information content (AvgIpc) is 2.67. The van der Waals surface area contributed by atoms with Crippen LogP contribution in [-0.4, -0.2) is 28.3 Å². The molecule has 0 heterocycles. The summed E-state index contributed by atoms with van der Waals surface area (Å²) in [5.74, 6) is -1.15. The van der Waals surface area contributed by atoms with Crippen molar-refractivity contribution < 1.29 is 15.0 Å². The number of carboxylic acids is 1. The van der Waals surface area contributed by atoms with E-state index in [4.69, 9.17) is 10.8 Å².